The van der Waals surface area contributed by atoms with Gasteiger partial charge in [-0.25, -0.2) is 15.0 Å². The zero-order valence-electron chi connectivity index (χ0n) is 10.9. The Balaban J connectivity index is 1.93. The highest BCUT2D eigenvalue weighted by molar-refractivity contribution is 5.83. The summed E-state index contributed by atoms with van der Waals surface area (Å²) in [7, 11) is 0. The third kappa shape index (κ3) is 2.26. The summed E-state index contributed by atoms with van der Waals surface area (Å²) in [5, 5.41) is 12.5. The number of aliphatic hydroxyl groups is 1. The SMILES string of the molecule is CCOC(C)n1cnc2c(NC3CC3O)ncnc21. The molecule has 2 heterocycles. The third-order valence-electron chi connectivity index (χ3n) is 3.24. The molecular weight excluding hydrogens is 246 g/mol. The van der Waals surface area contributed by atoms with Crippen molar-refractivity contribution in [2.24, 2.45) is 0 Å². The molecule has 0 bridgehead atoms. The first-order valence-electron chi connectivity index (χ1n) is 6.44. The van der Waals surface area contributed by atoms with E-state index in [0.717, 1.165) is 12.1 Å². The zero-order chi connectivity index (χ0) is 13.4. The van der Waals surface area contributed by atoms with Gasteiger partial charge in [-0.15, -0.1) is 0 Å². The first-order chi connectivity index (χ1) is 9.20. The monoisotopic (exact) mass is 263 g/mol. The Kier molecular flexibility index (Phi) is 3.08. The molecule has 1 saturated carbocycles. The normalized spacial score (nSPS) is 23.5. The summed E-state index contributed by atoms with van der Waals surface area (Å²) >= 11 is 0. The van der Waals surface area contributed by atoms with E-state index < -0.39 is 0 Å². The number of aromatic nitrogens is 4. The second-order valence-corrected chi connectivity index (χ2v) is 4.65. The Bertz CT molecular complexity index is 585. The fourth-order valence-electron chi connectivity index (χ4n) is 2.06. The first-order valence-corrected chi connectivity index (χ1v) is 6.44. The molecule has 3 rings (SSSR count). The van der Waals surface area contributed by atoms with E-state index in [9.17, 15) is 5.11 Å². The fraction of sp³-hybridized carbons (Fsp3) is 0.583. The van der Waals surface area contributed by atoms with Gasteiger partial charge >= 0.3 is 0 Å². The van der Waals surface area contributed by atoms with Crippen molar-refractivity contribution in [1.82, 2.24) is 19.5 Å². The lowest BCUT2D eigenvalue weighted by Crippen LogP contribution is -2.10. The van der Waals surface area contributed by atoms with E-state index in [1.807, 2.05) is 18.4 Å². The zero-order valence-corrected chi connectivity index (χ0v) is 10.9. The highest BCUT2D eigenvalue weighted by Gasteiger charge is 2.36. The van der Waals surface area contributed by atoms with Gasteiger partial charge in [-0.05, 0) is 20.3 Å². The van der Waals surface area contributed by atoms with Crippen LogP contribution in [-0.4, -0.2) is 43.4 Å². The molecule has 1 fully saturated rings. The first kappa shape index (κ1) is 12.3. The van der Waals surface area contributed by atoms with Gasteiger partial charge in [0.1, 0.15) is 12.6 Å². The molecule has 2 aromatic heterocycles. The van der Waals surface area contributed by atoms with E-state index in [4.69, 9.17) is 4.74 Å². The average molecular weight is 263 g/mol. The van der Waals surface area contributed by atoms with Crippen LogP contribution in [0.4, 0.5) is 5.82 Å². The molecule has 0 radical (unpaired) electrons. The number of nitrogens with one attached hydrogen (secondary N) is 1. The summed E-state index contributed by atoms with van der Waals surface area (Å²) in [4.78, 5) is 12.8. The molecule has 0 amide bonds. The highest BCUT2D eigenvalue weighted by Crippen LogP contribution is 2.28. The Morgan fingerprint density at radius 1 is 1.53 bits per heavy atom. The van der Waals surface area contributed by atoms with Crippen LogP contribution in [0.15, 0.2) is 12.7 Å². The van der Waals surface area contributed by atoms with Gasteiger partial charge in [0.25, 0.3) is 0 Å². The lowest BCUT2D eigenvalue weighted by atomic mass is 10.4. The minimum absolute atomic E-state index is 0.0764. The molecule has 2 aromatic rings. The molecule has 3 atom stereocenters. The average Bonchev–Trinajstić information content (AvgIpc) is 2.92. The van der Waals surface area contributed by atoms with Gasteiger partial charge in [-0.3, -0.25) is 4.57 Å². The number of aliphatic hydroxyl groups excluding tert-OH is 1. The summed E-state index contributed by atoms with van der Waals surface area (Å²) in [6.07, 6.45) is 3.55. The molecule has 0 spiro atoms. The molecule has 7 nitrogen and oxygen atoms in total. The molecule has 19 heavy (non-hydrogen) atoms. The highest BCUT2D eigenvalue weighted by atomic mass is 16.5. The maximum atomic E-state index is 9.37. The number of imidazole rings is 1. The van der Waals surface area contributed by atoms with Gasteiger partial charge in [0.15, 0.2) is 17.0 Å². The second-order valence-electron chi connectivity index (χ2n) is 4.65. The van der Waals surface area contributed by atoms with Crippen LogP contribution in [0.1, 0.15) is 26.5 Å². The number of anilines is 1. The van der Waals surface area contributed by atoms with Crippen LogP contribution in [0.25, 0.3) is 11.2 Å². The summed E-state index contributed by atoms with van der Waals surface area (Å²) in [6, 6.07) is 0.0764. The van der Waals surface area contributed by atoms with E-state index in [2.05, 4.69) is 20.3 Å². The van der Waals surface area contributed by atoms with Crippen molar-refractivity contribution in [1.29, 1.82) is 0 Å². The van der Waals surface area contributed by atoms with Gasteiger partial charge in [0.05, 0.1) is 18.5 Å². The third-order valence-corrected chi connectivity index (χ3v) is 3.24. The Labute approximate surface area is 110 Å². The number of rotatable bonds is 5. The molecule has 2 N–H and O–H groups in total. The minimum atomic E-state index is -0.283. The van der Waals surface area contributed by atoms with Crippen molar-refractivity contribution >= 4 is 17.0 Å². The van der Waals surface area contributed by atoms with E-state index in [1.165, 1.54) is 6.33 Å². The molecule has 102 valence electrons. The maximum Gasteiger partial charge on any atom is 0.167 e. The molecular formula is C12H17N5O2. The number of hydrogen-bond donors (Lipinski definition) is 2. The van der Waals surface area contributed by atoms with E-state index in [0.29, 0.717) is 17.9 Å². The summed E-state index contributed by atoms with van der Waals surface area (Å²) in [5.41, 5.74) is 1.43. The van der Waals surface area contributed by atoms with Crippen LogP contribution in [0.5, 0.6) is 0 Å². The largest absolute Gasteiger partial charge is 0.391 e. The number of ether oxygens (including phenoxy) is 1. The predicted molar refractivity (Wildman–Crippen MR) is 69.7 cm³/mol. The number of fused-ring (bicyclic) bond motifs is 1. The van der Waals surface area contributed by atoms with E-state index in [1.54, 1.807) is 6.33 Å². The molecule has 1 aliphatic carbocycles. The maximum absolute atomic E-state index is 9.37. The van der Waals surface area contributed by atoms with Gasteiger partial charge in [0.2, 0.25) is 0 Å². The van der Waals surface area contributed by atoms with Crippen LogP contribution in [-0.2, 0) is 4.74 Å². The van der Waals surface area contributed by atoms with Crippen molar-refractivity contribution in [3.63, 3.8) is 0 Å². The van der Waals surface area contributed by atoms with Crippen molar-refractivity contribution in [2.45, 2.75) is 38.6 Å². The molecule has 3 unspecified atom stereocenters. The molecule has 0 saturated heterocycles. The molecule has 0 aromatic carbocycles. The van der Waals surface area contributed by atoms with Gasteiger partial charge < -0.3 is 15.2 Å². The summed E-state index contributed by atoms with van der Waals surface area (Å²) < 4.78 is 7.42. The van der Waals surface area contributed by atoms with Crippen LogP contribution >= 0.6 is 0 Å². The van der Waals surface area contributed by atoms with Gasteiger partial charge in [-0.2, -0.15) is 0 Å². The molecule has 7 heteroatoms. The Morgan fingerprint density at radius 2 is 2.32 bits per heavy atom. The predicted octanol–water partition coefficient (Wildman–Crippen LogP) is 0.926. The van der Waals surface area contributed by atoms with Crippen molar-refractivity contribution in [2.75, 3.05) is 11.9 Å². The van der Waals surface area contributed by atoms with Crippen molar-refractivity contribution in [3.05, 3.63) is 12.7 Å². The lowest BCUT2D eigenvalue weighted by Gasteiger charge is -2.13. The molecule has 0 aliphatic heterocycles. The molecule has 1 aliphatic rings. The van der Waals surface area contributed by atoms with Crippen molar-refractivity contribution < 1.29 is 9.84 Å². The van der Waals surface area contributed by atoms with Crippen molar-refractivity contribution in [3.8, 4) is 0 Å². The quantitative estimate of drug-likeness (QED) is 0.834. The summed E-state index contributed by atoms with van der Waals surface area (Å²) in [6.45, 7) is 4.53. The second kappa shape index (κ2) is 4.75. The van der Waals surface area contributed by atoms with Gasteiger partial charge in [-0.1, -0.05) is 0 Å². The minimum Gasteiger partial charge on any atom is -0.391 e. The Hall–Kier alpha value is -1.73. The van der Waals surface area contributed by atoms with Crippen LogP contribution in [0.2, 0.25) is 0 Å². The number of hydrogen-bond acceptors (Lipinski definition) is 6. The van der Waals surface area contributed by atoms with Crippen LogP contribution in [0.3, 0.4) is 0 Å². The van der Waals surface area contributed by atoms with E-state index in [-0.39, 0.29) is 18.4 Å². The lowest BCUT2D eigenvalue weighted by molar-refractivity contribution is 0.0272. The number of nitrogens with zero attached hydrogens (tertiary/aromatic N) is 4. The van der Waals surface area contributed by atoms with Crippen LogP contribution in [0, 0.1) is 0 Å². The van der Waals surface area contributed by atoms with Crippen LogP contribution < -0.4 is 5.32 Å². The standard InChI is InChI=1S/C12H17N5O2/c1-3-19-7(2)17-6-15-10-11(13-5-14-12(10)17)16-8-4-9(8)18/h5-9,18H,3-4H2,1-2H3,(H,13,14,16). The Morgan fingerprint density at radius 3 is 3.00 bits per heavy atom. The smallest absolute Gasteiger partial charge is 0.167 e. The topological polar surface area (TPSA) is 85.1 Å². The van der Waals surface area contributed by atoms with Gasteiger partial charge in [0, 0.05) is 6.61 Å². The fourth-order valence-corrected chi connectivity index (χ4v) is 2.06. The summed E-state index contributed by atoms with van der Waals surface area (Å²) in [5.74, 6) is 0.661. The van der Waals surface area contributed by atoms with E-state index >= 15 is 0 Å².